The normalized spacial score (nSPS) is 30.1. The first-order chi connectivity index (χ1) is 9.58. The van der Waals surface area contributed by atoms with Gasteiger partial charge in [0.15, 0.2) is 0 Å². The summed E-state index contributed by atoms with van der Waals surface area (Å²) in [6, 6.07) is 0.528. The fraction of sp³-hybridized carbons (Fsp3) is 0.812. The molecule has 0 radical (unpaired) electrons. The number of halogens is 1. The van der Waals surface area contributed by atoms with E-state index in [1.54, 1.807) is 4.68 Å². The third kappa shape index (κ3) is 2.62. The number of nitrogens with one attached hydrogen (secondary N) is 1. The standard InChI is InChI=1S/C16H26ClN3/c1-10-15(16(17)20(3)19-10)9-14(18-2)8-13-7-11-4-5-12(13)6-11/h11-14,18H,4-9H2,1-3H3. The molecule has 20 heavy (non-hydrogen) atoms. The SMILES string of the molecule is CNC(Cc1c(C)nn(C)c1Cl)CC1CC2CCC1C2. The van der Waals surface area contributed by atoms with Crippen LogP contribution < -0.4 is 5.32 Å². The molecule has 0 spiro atoms. The summed E-state index contributed by atoms with van der Waals surface area (Å²) in [5.41, 5.74) is 2.29. The Morgan fingerprint density at radius 1 is 1.40 bits per heavy atom. The second-order valence-corrected chi connectivity index (χ2v) is 7.20. The molecule has 2 fully saturated rings. The smallest absolute Gasteiger partial charge is 0.130 e. The van der Waals surface area contributed by atoms with E-state index in [4.69, 9.17) is 11.6 Å². The van der Waals surface area contributed by atoms with Gasteiger partial charge in [0.25, 0.3) is 0 Å². The topological polar surface area (TPSA) is 29.9 Å². The van der Waals surface area contributed by atoms with E-state index in [-0.39, 0.29) is 0 Å². The van der Waals surface area contributed by atoms with E-state index >= 15 is 0 Å². The molecule has 0 aromatic carbocycles. The lowest BCUT2D eigenvalue weighted by molar-refractivity contribution is 0.281. The number of hydrogen-bond acceptors (Lipinski definition) is 2. The highest BCUT2D eigenvalue weighted by Gasteiger charge is 2.40. The lowest BCUT2D eigenvalue weighted by Gasteiger charge is -2.26. The Bertz CT molecular complexity index is 482. The summed E-state index contributed by atoms with van der Waals surface area (Å²) in [6.45, 7) is 2.06. The summed E-state index contributed by atoms with van der Waals surface area (Å²) in [5.74, 6) is 2.97. The van der Waals surface area contributed by atoms with Gasteiger partial charge in [-0.2, -0.15) is 5.10 Å². The van der Waals surface area contributed by atoms with Crippen LogP contribution in [0, 0.1) is 24.7 Å². The molecule has 4 unspecified atom stereocenters. The average molecular weight is 296 g/mol. The van der Waals surface area contributed by atoms with Crippen LogP contribution in [0.3, 0.4) is 0 Å². The summed E-state index contributed by atoms with van der Waals surface area (Å²) in [4.78, 5) is 0. The van der Waals surface area contributed by atoms with Crippen LogP contribution in [-0.2, 0) is 13.5 Å². The van der Waals surface area contributed by atoms with E-state index in [0.717, 1.165) is 35.0 Å². The van der Waals surface area contributed by atoms with Crippen LogP contribution in [0.5, 0.6) is 0 Å². The van der Waals surface area contributed by atoms with Crippen LogP contribution in [0.25, 0.3) is 0 Å². The van der Waals surface area contributed by atoms with Crippen molar-refractivity contribution in [3.05, 3.63) is 16.4 Å². The first kappa shape index (κ1) is 14.4. The van der Waals surface area contributed by atoms with Crippen LogP contribution in [0.4, 0.5) is 0 Å². The van der Waals surface area contributed by atoms with Crippen molar-refractivity contribution in [2.24, 2.45) is 24.8 Å². The predicted molar refractivity (Wildman–Crippen MR) is 83.1 cm³/mol. The van der Waals surface area contributed by atoms with Crippen molar-refractivity contribution in [2.75, 3.05) is 7.05 Å². The molecule has 0 amide bonds. The van der Waals surface area contributed by atoms with Crippen molar-refractivity contribution in [3.8, 4) is 0 Å². The molecule has 2 aliphatic rings. The first-order valence-corrected chi connectivity index (χ1v) is 8.31. The Labute approximate surface area is 127 Å². The summed E-state index contributed by atoms with van der Waals surface area (Å²) in [5, 5.41) is 8.73. The maximum Gasteiger partial charge on any atom is 0.130 e. The zero-order valence-corrected chi connectivity index (χ0v) is 13.6. The molecular formula is C16H26ClN3. The van der Waals surface area contributed by atoms with Gasteiger partial charge in [-0.3, -0.25) is 4.68 Å². The highest BCUT2D eigenvalue weighted by Crippen LogP contribution is 2.50. The predicted octanol–water partition coefficient (Wildman–Crippen LogP) is 3.34. The minimum absolute atomic E-state index is 0.528. The Hall–Kier alpha value is -0.540. The Balaban J connectivity index is 1.65. The molecule has 3 nitrogen and oxygen atoms in total. The van der Waals surface area contributed by atoms with Crippen molar-refractivity contribution in [1.29, 1.82) is 0 Å². The van der Waals surface area contributed by atoms with E-state index < -0.39 is 0 Å². The van der Waals surface area contributed by atoms with Gasteiger partial charge in [-0.1, -0.05) is 18.0 Å². The number of aryl methyl sites for hydroxylation is 2. The van der Waals surface area contributed by atoms with Gasteiger partial charge in [0, 0.05) is 18.7 Å². The third-order valence-electron chi connectivity index (χ3n) is 5.60. The molecule has 1 heterocycles. The number of rotatable bonds is 5. The maximum atomic E-state index is 6.37. The van der Waals surface area contributed by atoms with Gasteiger partial charge in [0.05, 0.1) is 5.69 Å². The monoisotopic (exact) mass is 295 g/mol. The van der Waals surface area contributed by atoms with Crippen molar-refractivity contribution in [3.63, 3.8) is 0 Å². The highest BCUT2D eigenvalue weighted by molar-refractivity contribution is 6.30. The summed E-state index contributed by atoms with van der Waals surface area (Å²) in [7, 11) is 4.00. The quantitative estimate of drug-likeness (QED) is 0.903. The molecule has 112 valence electrons. The number of nitrogens with zero attached hydrogens (tertiary/aromatic N) is 2. The second-order valence-electron chi connectivity index (χ2n) is 6.84. The number of hydrogen-bond donors (Lipinski definition) is 1. The molecule has 1 N–H and O–H groups in total. The van der Waals surface area contributed by atoms with E-state index in [2.05, 4.69) is 24.4 Å². The zero-order chi connectivity index (χ0) is 14.3. The summed E-state index contributed by atoms with van der Waals surface area (Å²) >= 11 is 6.37. The Morgan fingerprint density at radius 3 is 2.70 bits per heavy atom. The van der Waals surface area contributed by atoms with Gasteiger partial charge in [0.1, 0.15) is 5.15 Å². The van der Waals surface area contributed by atoms with E-state index in [9.17, 15) is 0 Å². The molecular weight excluding hydrogens is 270 g/mol. The molecule has 2 aliphatic carbocycles. The molecule has 2 bridgehead atoms. The fourth-order valence-corrected chi connectivity index (χ4v) is 4.74. The van der Waals surface area contributed by atoms with Crippen LogP contribution in [0.1, 0.15) is 43.4 Å². The summed E-state index contributed by atoms with van der Waals surface area (Å²) < 4.78 is 1.79. The van der Waals surface area contributed by atoms with E-state index in [1.165, 1.54) is 37.7 Å². The number of likely N-dealkylation sites (N-methyl/N-ethyl adjacent to an activating group) is 1. The zero-order valence-electron chi connectivity index (χ0n) is 12.8. The lowest BCUT2D eigenvalue weighted by Crippen LogP contribution is -2.31. The van der Waals surface area contributed by atoms with Gasteiger partial charge in [-0.25, -0.2) is 0 Å². The van der Waals surface area contributed by atoms with Gasteiger partial charge in [0.2, 0.25) is 0 Å². The minimum atomic E-state index is 0.528. The highest BCUT2D eigenvalue weighted by atomic mass is 35.5. The molecule has 0 aliphatic heterocycles. The van der Waals surface area contributed by atoms with Crippen LogP contribution >= 0.6 is 11.6 Å². The summed E-state index contributed by atoms with van der Waals surface area (Å²) in [6.07, 6.45) is 8.21. The molecule has 3 rings (SSSR count). The van der Waals surface area contributed by atoms with Crippen LogP contribution in [0.2, 0.25) is 5.15 Å². The molecule has 0 saturated heterocycles. The van der Waals surface area contributed by atoms with Crippen molar-refractivity contribution < 1.29 is 0 Å². The van der Waals surface area contributed by atoms with Gasteiger partial charge in [-0.15, -0.1) is 0 Å². The Kier molecular flexibility index (Phi) is 4.09. The van der Waals surface area contributed by atoms with Crippen molar-refractivity contribution in [1.82, 2.24) is 15.1 Å². The molecule has 1 aromatic heterocycles. The number of fused-ring (bicyclic) bond motifs is 2. The number of aromatic nitrogens is 2. The van der Waals surface area contributed by atoms with Crippen LogP contribution in [-0.4, -0.2) is 22.9 Å². The minimum Gasteiger partial charge on any atom is -0.317 e. The molecule has 4 atom stereocenters. The second kappa shape index (κ2) is 5.69. The largest absolute Gasteiger partial charge is 0.317 e. The van der Waals surface area contributed by atoms with E-state index in [1.807, 2.05) is 7.05 Å². The fourth-order valence-electron chi connectivity index (χ4n) is 4.49. The molecule has 1 aromatic rings. The maximum absolute atomic E-state index is 6.37. The average Bonchev–Trinajstić information content (AvgIpc) is 3.09. The Morgan fingerprint density at radius 2 is 2.20 bits per heavy atom. The van der Waals surface area contributed by atoms with E-state index in [0.29, 0.717) is 6.04 Å². The van der Waals surface area contributed by atoms with Crippen molar-refractivity contribution in [2.45, 2.75) is 51.5 Å². The van der Waals surface area contributed by atoms with Crippen molar-refractivity contribution >= 4 is 11.6 Å². The first-order valence-electron chi connectivity index (χ1n) is 7.93. The molecule has 4 heteroatoms. The van der Waals surface area contributed by atoms with Gasteiger partial charge < -0.3 is 5.32 Å². The molecule has 2 saturated carbocycles. The van der Waals surface area contributed by atoms with Crippen LogP contribution in [0.15, 0.2) is 0 Å². The van der Waals surface area contributed by atoms with Gasteiger partial charge in [-0.05, 0) is 63.8 Å². The third-order valence-corrected chi connectivity index (χ3v) is 6.07. The van der Waals surface area contributed by atoms with Gasteiger partial charge >= 0.3 is 0 Å². The lowest BCUT2D eigenvalue weighted by atomic mass is 9.83.